The predicted octanol–water partition coefficient (Wildman–Crippen LogP) is 1.55. The van der Waals surface area contributed by atoms with Crippen LogP contribution in [-0.4, -0.2) is 52.6 Å². The fourth-order valence-electron chi connectivity index (χ4n) is 3.90. The van der Waals surface area contributed by atoms with E-state index < -0.39 is 0 Å². The quantitative estimate of drug-likeness (QED) is 0.916. The Morgan fingerprint density at radius 1 is 1.17 bits per heavy atom. The minimum Gasteiger partial charge on any atom is -0.368 e. The summed E-state index contributed by atoms with van der Waals surface area (Å²) in [4.78, 5) is 23.2. The smallest absolute Gasteiger partial charge is 0.251 e. The molecule has 0 bridgehead atoms. The van der Waals surface area contributed by atoms with Crippen molar-refractivity contribution in [2.24, 2.45) is 0 Å². The Morgan fingerprint density at radius 3 is 2.83 bits per heavy atom. The molecule has 0 saturated carbocycles. The lowest BCUT2D eigenvalue weighted by atomic mass is 10.0. The Labute approximate surface area is 136 Å². The van der Waals surface area contributed by atoms with Gasteiger partial charge in [0.15, 0.2) is 0 Å². The molecule has 2 fully saturated rings. The standard InChI is InChI=1S/C17H24N4O2/c22-17(15-5-2-10-23-15)21-8-6-12(7-9-21)20-16-13-3-1-4-14(13)18-11-19-16/h11-12,15H,1-10H2,(H,18,19,20). The van der Waals surface area contributed by atoms with E-state index in [0.717, 1.165) is 64.0 Å². The van der Waals surface area contributed by atoms with E-state index in [0.29, 0.717) is 6.04 Å². The first-order valence-electron chi connectivity index (χ1n) is 8.81. The van der Waals surface area contributed by atoms with Crippen LogP contribution in [0.3, 0.4) is 0 Å². The lowest BCUT2D eigenvalue weighted by Gasteiger charge is -2.34. The number of aryl methyl sites for hydroxylation is 1. The number of hydrogen-bond donors (Lipinski definition) is 1. The lowest BCUT2D eigenvalue weighted by Crippen LogP contribution is -2.46. The number of hydrogen-bond acceptors (Lipinski definition) is 5. The molecule has 1 amide bonds. The first-order chi connectivity index (χ1) is 11.3. The van der Waals surface area contributed by atoms with Gasteiger partial charge in [0.2, 0.25) is 0 Å². The minimum absolute atomic E-state index is 0.184. The maximum absolute atomic E-state index is 12.4. The van der Waals surface area contributed by atoms with Gasteiger partial charge in [-0.05, 0) is 44.9 Å². The lowest BCUT2D eigenvalue weighted by molar-refractivity contribution is -0.141. The molecular weight excluding hydrogens is 292 g/mol. The summed E-state index contributed by atoms with van der Waals surface area (Å²) in [7, 11) is 0. The van der Waals surface area contributed by atoms with E-state index in [-0.39, 0.29) is 12.0 Å². The summed E-state index contributed by atoms with van der Waals surface area (Å²) in [5.41, 5.74) is 2.50. The second-order valence-electron chi connectivity index (χ2n) is 6.75. The van der Waals surface area contributed by atoms with E-state index in [9.17, 15) is 4.79 Å². The van der Waals surface area contributed by atoms with Gasteiger partial charge < -0.3 is 15.0 Å². The summed E-state index contributed by atoms with van der Waals surface area (Å²) in [6, 6.07) is 0.392. The zero-order chi connectivity index (χ0) is 15.6. The number of carbonyl (C=O) groups excluding carboxylic acids is 1. The van der Waals surface area contributed by atoms with Crippen LogP contribution in [0.15, 0.2) is 6.33 Å². The zero-order valence-corrected chi connectivity index (χ0v) is 13.5. The Kier molecular flexibility index (Phi) is 4.16. The van der Waals surface area contributed by atoms with Gasteiger partial charge in [-0.2, -0.15) is 0 Å². The van der Waals surface area contributed by atoms with Crippen molar-refractivity contribution in [3.63, 3.8) is 0 Å². The van der Waals surface area contributed by atoms with Crippen LogP contribution < -0.4 is 5.32 Å². The van der Waals surface area contributed by atoms with Gasteiger partial charge in [0.25, 0.3) is 5.91 Å². The van der Waals surface area contributed by atoms with Gasteiger partial charge in [-0.3, -0.25) is 4.79 Å². The van der Waals surface area contributed by atoms with Crippen molar-refractivity contribution in [2.75, 3.05) is 25.0 Å². The van der Waals surface area contributed by atoms with Crippen molar-refractivity contribution in [1.29, 1.82) is 0 Å². The monoisotopic (exact) mass is 316 g/mol. The van der Waals surface area contributed by atoms with Crippen LogP contribution in [0.4, 0.5) is 5.82 Å². The first kappa shape index (κ1) is 14.9. The molecule has 23 heavy (non-hydrogen) atoms. The highest BCUT2D eigenvalue weighted by Gasteiger charge is 2.31. The summed E-state index contributed by atoms with van der Waals surface area (Å²) in [5.74, 6) is 1.19. The molecule has 1 aliphatic carbocycles. The number of rotatable bonds is 3. The van der Waals surface area contributed by atoms with E-state index in [1.807, 2.05) is 4.90 Å². The van der Waals surface area contributed by atoms with Crippen LogP contribution in [0.2, 0.25) is 0 Å². The van der Waals surface area contributed by atoms with E-state index in [1.165, 1.54) is 17.7 Å². The van der Waals surface area contributed by atoms with Crippen LogP contribution in [0, 0.1) is 0 Å². The molecule has 1 unspecified atom stereocenters. The van der Waals surface area contributed by atoms with Gasteiger partial charge in [-0.15, -0.1) is 0 Å². The van der Waals surface area contributed by atoms with Gasteiger partial charge in [0.1, 0.15) is 18.2 Å². The number of nitrogens with zero attached hydrogens (tertiary/aromatic N) is 3. The van der Waals surface area contributed by atoms with E-state index in [4.69, 9.17) is 4.74 Å². The van der Waals surface area contributed by atoms with Crippen LogP contribution in [0.1, 0.15) is 43.4 Å². The normalized spacial score (nSPS) is 24.7. The molecule has 1 N–H and O–H groups in total. The molecule has 6 heteroatoms. The largest absolute Gasteiger partial charge is 0.368 e. The number of ether oxygens (including phenoxy) is 1. The van der Waals surface area contributed by atoms with Gasteiger partial charge in [-0.1, -0.05) is 0 Å². The Morgan fingerprint density at radius 2 is 2.04 bits per heavy atom. The summed E-state index contributed by atoms with van der Waals surface area (Å²) >= 11 is 0. The molecule has 1 aromatic heterocycles. The molecule has 0 radical (unpaired) electrons. The van der Waals surface area contributed by atoms with E-state index in [1.54, 1.807) is 6.33 Å². The van der Waals surface area contributed by atoms with Gasteiger partial charge in [-0.25, -0.2) is 9.97 Å². The number of anilines is 1. The van der Waals surface area contributed by atoms with Crippen LogP contribution in [-0.2, 0) is 22.4 Å². The van der Waals surface area contributed by atoms with Gasteiger partial charge in [0.05, 0.1) is 0 Å². The first-order valence-corrected chi connectivity index (χ1v) is 8.81. The van der Waals surface area contributed by atoms with Crippen molar-refractivity contribution in [1.82, 2.24) is 14.9 Å². The Bertz CT molecular complexity index is 578. The fourth-order valence-corrected chi connectivity index (χ4v) is 3.90. The number of aromatic nitrogens is 2. The highest BCUT2D eigenvalue weighted by Crippen LogP contribution is 2.27. The van der Waals surface area contributed by atoms with Crippen LogP contribution in [0.5, 0.6) is 0 Å². The minimum atomic E-state index is -0.190. The van der Waals surface area contributed by atoms with Gasteiger partial charge in [0, 0.05) is 37.0 Å². The summed E-state index contributed by atoms with van der Waals surface area (Å²) < 4.78 is 5.52. The zero-order valence-electron chi connectivity index (χ0n) is 13.5. The Balaban J connectivity index is 1.33. The third-order valence-corrected chi connectivity index (χ3v) is 5.23. The molecule has 6 nitrogen and oxygen atoms in total. The van der Waals surface area contributed by atoms with Gasteiger partial charge >= 0.3 is 0 Å². The van der Waals surface area contributed by atoms with Crippen molar-refractivity contribution < 1.29 is 9.53 Å². The number of carbonyl (C=O) groups is 1. The molecule has 0 spiro atoms. The average molecular weight is 316 g/mol. The highest BCUT2D eigenvalue weighted by molar-refractivity contribution is 5.81. The second-order valence-corrected chi connectivity index (χ2v) is 6.75. The van der Waals surface area contributed by atoms with Crippen molar-refractivity contribution in [3.05, 3.63) is 17.6 Å². The molecule has 124 valence electrons. The van der Waals surface area contributed by atoms with Crippen molar-refractivity contribution >= 4 is 11.7 Å². The van der Waals surface area contributed by atoms with Crippen molar-refractivity contribution in [3.8, 4) is 0 Å². The van der Waals surface area contributed by atoms with Crippen molar-refractivity contribution in [2.45, 2.75) is 57.1 Å². The van der Waals surface area contributed by atoms with E-state index in [2.05, 4.69) is 15.3 Å². The van der Waals surface area contributed by atoms with E-state index >= 15 is 0 Å². The topological polar surface area (TPSA) is 67.3 Å². The Hall–Kier alpha value is -1.69. The summed E-state index contributed by atoms with van der Waals surface area (Å²) in [5, 5.41) is 3.59. The molecule has 1 aromatic rings. The molecular formula is C17H24N4O2. The number of fused-ring (bicyclic) bond motifs is 1. The summed E-state index contributed by atoms with van der Waals surface area (Å²) in [6.45, 7) is 2.35. The highest BCUT2D eigenvalue weighted by atomic mass is 16.5. The molecule has 2 saturated heterocycles. The second kappa shape index (κ2) is 6.43. The van der Waals surface area contributed by atoms with Crippen LogP contribution >= 0.6 is 0 Å². The average Bonchev–Trinajstić information content (AvgIpc) is 3.27. The molecule has 3 heterocycles. The molecule has 3 aliphatic rings. The molecule has 4 rings (SSSR count). The predicted molar refractivity (Wildman–Crippen MR) is 86.3 cm³/mol. The molecule has 1 atom stereocenters. The number of likely N-dealkylation sites (tertiary alicyclic amines) is 1. The molecule has 2 aliphatic heterocycles. The maximum Gasteiger partial charge on any atom is 0.251 e. The number of piperidine rings is 1. The maximum atomic E-state index is 12.4. The summed E-state index contributed by atoms with van der Waals surface area (Å²) in [6.07, 6.45) is 8.63. The third-order valence-electron chi connectivity index (χ3n) is 5.23. The molecule has 0 aromatic carbocycles. The number of nitrogens with one attached hydrogen (secondary N) is 1. The number of amides is 1. The van der Waals surface area contributed by atoms with Crippen LogP contribution in [0.25, 0.3) is 0 Å². The third kappa shape index (κ3) is 3.04. The fraction of sp³-hybridized carbons (Fsp3) is 0.706. The SMILES string of the molecule is O=C(C1CCCO1)N1CCC(Nc2ncnc3c2CCC3)CC1.